The molecular formula is C10H14N4O5. The van der Waals surface area contributed by atoms with Crippen molar-refractivity contribution in [2.24, 2.45) is 5.73 Å². The molecule has 1 aromatic rings. The van der Waals surface area contributed by atoms with Gasteiger partial charge in [-0.3, -0.25) is 9.36 Å². The quantitative estimate of drug-likeness (QED) is 0.476. The highest BCUT2D eigenvalue weighted by atomic mass is 16.5. The maximum atomic E-state index is 11.7. The molecule has 0 saturated carbocycles. The zero-order valence-electron chi connectivity index (χ0n) is 9.89. The van der Waals surface area contributed by atoms with Gasteiger partial charge in [0, 0.05) is 12.6 Å². The first-order valence-electron chi connectivity index (χ1n) is 5.57. The number of carbonyl (C=O) groups excluding carboxylic acids is 1. The highest BCUT2D eigenvalue weighted by molar-refractivity contribution is 5.96. The van der Waals surface area contributed by atoms with Crippen LogP contribution in [0.25, 0.3) is 0 Å². The monoisotopic (exact) mass is 270 g/mol. The molecule has 1 aliphatic rings. The van der Waals surface area contributed by atoms with Crippen LogP contribution in [0.2, 0.25) is 0 Å². The molecule has 19 heavy (non-hydrogen) atoms. The van der Waals surface area contributed by atoms with Gasteiger partial charge in [0.25, 0.3) is 5.91 Å². The number of amides is 1. The number of hydrogen-bond donors (Lipinski definition) is 4. The fourth-order valence-corrected chi connectivity index (χ4v) is 1.93. The lowest BCUT2D eigenvalue weighted by molar-refractivity contribution is -0.0459. The first-order chi connectivity index (χ1) is 8.93. The molecule has 0 unspecified atom stereocenters. The molecule has 0 aromatic carbocycles. The Balaban J connectivity index is 2.38. The van der Waals surface area contributed by atoms with Gasteiger partial charge in [0.1, 0.15) is 18.1 Å². The van der Waals surface area contributed by atoms with Crippen LogP contribution in [-0.4, -0.2) is 44.5 Å². The molecule has 1 aromatic heterocycles. The number of primary amides is 1. The summed E-state index contributed by atoms with van der Waals surface area (Å²) >= 11 is 0. The molecule has 1 saturated heterocycles. The third-order valence-electron chi connectivity index (χ3n) is 2.94. The van der Waals surface area contributed by atoms with E-state index in [1.165, 1.54) is 0 Å². The Morgan fingerprint density at radius 2 is 2.32 bits per heavy atom. The number of nitrogen functional groups attached to an aromatic ring is 1. The molecular weight excluding hydrogens is 256 g/mol. The molecule has 9 nitrogen and oxygen atoms in total. The van der Waals surface area contributed by atoms with Crippen LogP contribution in [0.4, 0.5) is 5.82 Å². The van der Waals surface area contributed by atoms with Crippen molar-refractivity contribution in [1.29, 1.82) is 0 Å². The average molecular weight is 270 g/mol. The van der Waals surface area contributed by atoms with Gasteiger partial charge in [-0.2, -0.15) is 4.98 Å². The highest BCUT2D eigenvalue weighted by Crippen LogP contribution is 2.27. The molecule has 1 fully saturated rings. The second kappa shape index (κ2) is 4.96. The molecule has 1 aliphatic heterocycles. The van der Waals surface area contributed by atoms with Gasteiger partial charge in [-0.25, -0.2) is 4.79 Å². The Bertz CT molecular complexity index is 557. The summed E-state index contributed by atoms with van der Waals surface area (Å²) in [5.41, 5.74) is 9.69. The van der Waals surface area contributed by atoms with Gasteiger partial charge in [-0.05, 0) is 0 Å². The van der Waals surface area contributed by atoms with E-state index in [1.807, 2.05) is 0 Å². The normalized spacial score (nSPS) is 26.5. The number of rotatable bonds is 3. The highest BCUT2D eigenvalue weighted by Gasteiger charge is 2.35. The Morgan fingerprint density at radius 1 is 1.63 bits per heavy atom. The standard InChI is InChI=1S/C10H14N4O5/c11-8-4(9(12)17)2-14(10(18)13-8)7-1-5(16)6(3-15)19-7/h2,5-7,15-16H,1,3H2,(H2,12,17)(H2,11,13,18)/t5-,6+,7-/m1/s1. The fraction of sp³-hybridized carbons (Fsp3) is 0.500. The first-order valence-corrected chi connectivity index (χ1v) is 5.57. The molecule has 0 radical (unpaired) electrons. The minimum absolute atomic E-state index is 0.0922. The predicted molar refractivity (Wildman–Crippen MR) is 63.0 cm³/mol. The number of carbonyl (C=O) groups is 1. The van der Waals surface area contributed by atoms with Crippen molar-refractivity contribution in [2.45, 2.75) is 24.9 Å². The van der Waals surface area contributed by atoms with E-state index >= 15 is 0 Å². The predicted octanol–water partition coefficient (Wildman–Crippen LogP) is -2.43. The minimum atomic E-state index is -0.906. The first kappa shape index (κ1) is 13.5. The van der Waals surface area contributed by atoms with Crippen molar-refractivity contribution in [3.05, 3.63) is 22.2 Å². The third kappa shape index (κ3) is 2.43. The van der Waals surface area contributed by atoms with Crippen LogP contribution >= 0.6 is 0 Å². The topological polar surface area (TPSA) is 154 Å². The van der Waals surface area contributed by atoms with Crippen LogP contribution < -0.4 is 17.2 Å². The number of ether oxygens (including phenoxy) is 1. The molecule has 0 spiro atoms. The maximum Gasteiger partial charge on any atom is 0.351 e. The largest absolute Gasteiger partial charge is 0.394 e. The summed E-state index contributed by atoms with van der Waals surface area (Å²) in [5, 5.41) is 18.6. The van der Waals surface area contributed by atoms with E-state index in [1.54, 1.807) is 0 Å². The zero-order valence-corrected chi connectivity index (χ0v) is 9.89. The van der Waals surface area contributed by atoms with Crippen LogP contribution in [-0.2, 0) is 4.74 Å². The number of aliphatic hydroxyl groups excluding tert-OH is 2. The smallest absolute Gasteiger partial charge is 0.351 e. The van der Waals surface area contributed by atoms with E-state index in [0.29, 0.717) is 0 Å². The molecule has 0 aliphatic carbocycles. The summed E-state index contributed by atoms with van der Waals surface area (Å²) in [6, 6.07) is 0. The summed E-state index contributed by atoms with van der Waals surface area (Å²) in [6.07, 6.45) is -1.28. The fourth-order valence-electron chi connectivity index (χ4n) is 1.93. The Hall–Kier alpha value is -1.97. The summed E-state index contributed by atoms with van der Waals surface area (Å²) in [7, 11) is 0. The van der Waals surface area contributed by atoms with Crippen LogP contribution in [0, 0.1) is 0 Å². The molecule has 3 atom stereocenters. The Kier molecular flexibility index (Phi) is 3.51. The van der Waals surface area contributed by atoms with Gasteiger partial charge in [-0.15, -0.1) is 0 Å². The molecule has 1 amide bonds. The van der Waals surface area contributed by atoms with Crippen LogP contribution in [0.1, 0.15) is 23.0 Å². The second-order valence-corrected chi connectivity index (χ2v) is 4.21. The van der Waals surface area contributed by atoms with Crippen LogP contribution in [0.15, 0.2) is 11.0 Å². The number of nitrogens with two attached hydrogens (primary N) is 2. The molecule has 6 N–H and O–H groups in total. The van der Waals surface area contributed by atoms with Gasteiger partial charge < -0.3 is 26.4 Å². The average Bonchev–Trinajstić information content (AvgIpc) is 2.69. The van der Waals surface area contributed by atoms with Gasteiger partial charge in [0.05, 0.1) is 18.3 Å². The molecule has 9 heteroatoms. The summed E-state index contributed by atoms with van der Waals surface area (Å²) in [5.74, 6) is -1.08. The third-order valence-corrected chi connectivity index (χ3v) is 2.94. The number of hydrogen-bond acceptors (Lipinski definition) is 7. The number of nitrogens with zero attached hydrogens (tertiary/aromatic N) is 2. The molecule has 2 heterocycles. The van der Waals surface area contributed by atoms with Crippen molar-refractivity contribution < 1.29 is 19.7 Å². The summed E-state index contributed by atoms with van der Waals surface area (Å²) in [4.78, 5) is 26.3. The molecule has 104 valence electrons. The second-order valence-electron chi connectivity index (χ2n) is 4.21. The van der Waals surface area contributed by atoms with Gasteiger partial charge >= 0.3 is 5.69 Å². The number of aromatic nitrogens is 2. The van der Waals surface area contributed by atoms with Gasteiger partial charge in [-0.1, -0.05) is 0 Å². The van der Waals surface area contributed by atoms with Crippen LogP contribution in [0.3, 0.4) is 0 Å². The molecule has 0 bridgehead atoms. The van der Waals surface area contributed by atoms with E-state index in [-0.39, 0.29) is 24.4 Å². The van der Waals surface area contributed by atoms with E-state index < -0.39 is 30.0 Å². The molecule has 2 rings (SSSR count). The van der Waals surface area contributed by atoms with Crippen molar-refractivity contribution in [1.82, 2.24) is 9.55 Å². The van der Waals surface area contributed by atoms with Crippen LogP contribution in [0.5, 0.6) is 0 Å². The van der Waals surface area contributed by atoms with Gasteiger partial charge in [0.2, 0.25) is 0 Å². The number of aliphatic hydroxyl groups is 2. The summed E-state index contributed by atoms with van der Waals surface area (Å²) in [6.45, 7) is -0.377. The Labute approximate surface area is 107 Å². The van der Waals surface area contributed by atoms with E-state index in [2.05, 4.69) is 4.98 Å². The van der Waals surface area contributed by atoms with E-state index in [0.717, 1.165) is 10.8 Å². The van der Waals surface area contributed by atoms with Gasteiger partial charge in [0.15, 0.2) is 0 Å². The lowest BCUT2D eigenvalue weighted by atomic mass is 10.2. The van der Waals surface area contributed by atoms with E-state index in [9.17, 15) is 14.7 Å². The van der Waals surface area contributed by atoms with Crippen molar-refractivity contribution in [2.75, 3.05) is 12.3 Å². The number of anilines is 1. The Morgan fingerprint density at radius 3 is 2.84 bits per heavy atom. The van der Waals surface area contributed by atoms with Crippen molar-refractivity contribution in [3.63, 3.8) is 0 Å². The zero-order chi connectivity index (χ0) is 14.2. The SMILES string of the molecule is NC(=O)c1cn([C@H]2C[C@@H](O)[C@H](CO)O2)c(=O)nc1N. The lowest BCUT2D eigenvalue weighted by Gasteiger charge is -2.15. The summed E-state index contributed by atoms with van der Waals surface area (Å²) < 4.78 is 6.32. The van der Waals surface area contributed by atoms with E-state index in [4.69, 9.17) is 21.3 Å². The maximum absolute atomic E-state index is 11.7. The van der Waals surface area contributed by atoms with Crippen molar-refractivity contribution >= 4 is 11.7 Å². The lowest BCUT2D eigenvalue weighted by Crippen LogP contribution is -2.31. The minimum Gasteiger partial charge on any atom is -0.394 e. The van der Waals surface area contributed by atoms with Crippen molar-refractivity contribution in [3.8, 4) is 0 Å².